The number of fused-ring (bicyclic) bond motifs is 4. The Morgan fingerprint density at radius 2 is 1.68 bits per heavy atom. The molecule has 138 valence electrons. The molecule has 0 atom stereocenters. The van der Waals surface area contributed by atoms with Gasteiger partial charge in [0.2, 0.25) is 0 Å². The second-order valence-electron chi connectivity index (χ2n) is 8.15. The van der Waals surface area contributed by atoms with Gasteiger partial charge in [0, 0.05) is 16.7 Å². The van der Waals surface area contributed by atoms with Crippen LogP contribution < -0.4 is 0 Å². The van der Waals surface area contributed by atoms with Crippen LogP contribution in [0.2, 0.25) is 0 Å². The zero-order valence-corrected chi connectivity index (χ0v) is 16.7. The number of benzene rings is 3. The molecule has 0 spiro atoms. The van der Waals surface area contributed by atoms with E-state index in [9.17, 15) is 0 Å². The van der Waals surface area contributed by atoms with Crippen LogP contribution in [-0.2, 0) is 12.8 Å². The molecular formula is C26H24N2. The number of hydrogen-bond donors (Lipinski definition) is 0. The topological polar surface area (TPSA) is 25.8 Å². The van der Waals surface area contributed by atoms with Crippen LogP contribution in [0.1, 0.15) is 42.0 Å². The third-order valence-electron chi connectivity index (χ3n) is 5.89. The van der Waals surface area contributed by atoms with E-state index in [1.165, 1.54) is 44.2 Å². The van der Waals surface area contributed by atoms with Gasteiger partial charge in [-0.2, -0.15) is 0 Å². The molecule has 2 heteroatoms. The summed E-state index contributed by atoms with van der Waals surface area (Å²) in [6, 6.07) is 20.0. The molecule has 0 amide bonds. The van der Waals surface area contributed by atoms with Crippen molar-refractivity contribution in [1.29, 1.82) is 0 Å². The summed E-state index contributed by atoms with van der Waals surface area (Å²) < 4.78 is 0. The van der Waals surface area contributed by atoms with E-state index in [4.69, 9.17) is 4.98 Å². The minimum atomic E-state index is 0.464. The Balaban J connectivity index is 1.74. The van der Waals surface area contributed by atoms with Crippen molar-refractivity contribution in [2.75, 3.05) is 0 Å². The second-order valence-corrected chi connectivity index (χ2v) is 8.15. The first kappa shape index (κ1) is 17.1. The fraction of sp³-hybridized carbons (Fsp3) is 0.231. The molecule has 3 aromatic carbocycles. The van der Waals surface area contributed by atoms with Crippen molar-refractivity contribution in [1.82, 2.24) is 9.97 Å². The molecule has 2 nitrogen and oxygen atoms in total. The number of nitrogens with zero attached hydrogens (tertiary/aromatic N) is 2. The molecule has 0 aliphatic heterocycles. The minimum Gasteiger partial charge on any atom is -0.236 e. The van der Waals surface area contributed by atoms with E-state index in [0.717, 1.165) is 24.2 Å². The molecule has 0 saturated carbocycles. The number of hydrogen-bond acceptors (Lipinski definition) is 2. The van der Waals surface area contributed by atoms with Gasteiger partial charge in [-0.05, 0) is 59.7 Å². The quantitative estimate of drug-likeness (QED) is 0.406. The monoisotopic (exact) mass is 364 g/mol. The number of rotatable bonds is 2. The van der Waals surface area contributed by atoms with Crippen molar-refractivity contribution in [3.05, 3.63) is 83.2 Å². The zero-order chi connectivity index (χ0) is 19.3. The fourth-order valence-corrected chi connectivity index (χ4v) is 4.50. The van der Waals surface area contributed by atoms with Gasteiger partial charge in [0.25, 0.3) is 0 Å². The van der Waals surface area contributed by atoms with Crippen LogP contribution in [0.4, 0.5) is 0 Å². The molecule has 0 N–H and O–H groups in total. The van der Waals surface area contributed by atoms with Crippen LogP contribution in [0.15, 0.2) is 60.9 Å². The van der Waals surface area contributed by atoms with E-state index in [2.05, 4.69) is 80.4 Å². The first-order valence-electron chi connectivity index (χ1n) is 10.1. The van der Waals surface area contributed by atoms with Gasteiger partial charge in [-0.1, -0.05) is 61.9 Å². The molecular weight excluding hydrogens is 340 g/mol. The molecule has 0 saturated heterocycles. The van der Waals surface area contributed by atoms with E-state index in [-0.39, 0.29) is 0 Å². The summed E-state index contributed by atoms with van der Waals surface area (Å²) in [6.07, 6.45) is 3.77. The normalized spacial score (nSPS) is 12.9. The highest BCUT2D eigenvalue weighted by atomic mass is 14.8. The van der Waals surface area contributed by atoms with Crippen molar-refractivity contribution < 1.29 is 0 Å². The van der Waals surface area contributed by atoms with Crippen LogP contribution in [0.3, 0.4) is 0 Å². The van der Waals surface area contributed by atoms with Crippen molar-refractivity contribution >= 4 is 10.8 Å². The van der Waals surface area contributed by atoms with Crippen LogP contribution >= 0.6 is 0 Å². The van der Waals surface area contributed by atoms with Crippen LogP contribution in [0.5, 0.6) is 0 Å². The van der Waals surface area contributed by atoms with Crippen molar-refractivity contribution in [2.45, 2.75) is 39.5 Å². The van der Waals surface area contributed by atoms with Gasteiger partial charge >= 0.3 is 0 Å². The molecule has 4 aromatic rings. The lowest BCUT2D eigenvalue weighted by atomic mass is 9.85. The van der Waals surface area contributed by atoms with E-state index < -0.39 is 0 Å². The zero-order valence-electron chi connectivity index (χ0n) is 16.7. The summed E-state index contributed by atoms with van der Waals surface area (Å²) in [6.45, 7) is 6.68. The summed E-state index contributed by atoms with van der Waals surface area (Å²) in [5, 5.41) is 2.62. The first-order valence-corrected chi connectivity index (χ1v) is 10.1. The van der Waals surface area contributed by atoms with E-state index in [1.807, 2.05) is 0 Å². The van der Waals surface area contributed by atoms with Gasteiger partial charge in [-0.25, -0.2) is 9.97 Å². The first-order chi connectivity index (χ1) is 13.6. The maximum absolute atomic E-state index is 4.75. The van der Waals surface area contributed by atoms with Crippen molar-refractivity contribution in [2.24, 2.45) is 0 Å². The largest absolute Gasteiger partial charge is 0.236 e. The van der Waals surface area contributed by atoms with E-state index in [0.29, 0.717) is 5.92 Å². The standard InChI is InChI=1S/C26H24N2/c1-16(2)24-14-20(13-18-6-4-5-7-21(18)24)25-23-11-9-19-12-17(3)8-10-22(19)26(23)28-15-27-25/h4-8,10,12-16H,9,11H2,1-3H3. The Morgan fingerprint density at radius 1 is 0.857 bits per heavy atom. The highest BCUT2D eigenvalue weighted by Gasteiger charge is 2.22. The van der Waals surface area contributed by atoms with E-state index >= 15 is 0 Å². The molecule has 1 aliphatic carbocycles. The van der Waals surface area contributed by atoms with Gasteiger partial charge in [-0.3, -0.25) is 0 Å². The van der Waals surface area contributed by atoms with Gasteiger partial charge in [0.1, 0.15) is 6.33 Å². The Hall–Kier alpha value is -3.00. The lowest BCUT2D eigenvalue weighted by Gasteiger charge is -2.22. The van der Waals surface area contributed by atoms with Crippen LogP contribution in [0, 0.1) is 6.92 Å². The lowest BCUT2D eigenvalue weighted by molar-refractivity contribution is 0.875. The Kier molecular flexibility index (Phi) is 4.01. The summed E-state index contributed by atoms with van der Waals surface area (Å²) in [5.41, 5.74) is 10.0. The molecule has 0 bridgehead atoms. The molecule has 0 fully saturated rings. The Labute approximate surface area is 166 Å². The molecule has 1 heterocycles. The predicted octanol–water partition coefficient (Wildman–Crippen LogP) is 6.49. The number of aromatic nitrogens is 2. The molecule has 0 unspecified atom stereocenters. The summed E-state index contributed by atoms with van der Waals surface area (Å²) in [5.74, 6) is 0.464. The molecule has 5 rings (SSSR count). The highest BCUT2D eigenvalue weighted by Crippen LogP contribution is 2.38. The maximum Gasteiger partial charge on any atom is 0.116 e. The fourth-order valence-electron chi connectivity index (χ4n) is 4.50. The Bertz CT molecular complexity index is 1200. The maximum atomic E-state index is 4.75. The molecule has 28 heavy (non-hydrogen) atoms. The van der Waals surface area contributed by atoms with Gasteiger partial charge in [0.15, 0.2) is 0 Å². The SMILES string of the molecule is Cc1ccc2c(c1)CCc1c(-c3cc(C(C)C)c4ccccc4c3)ncnc1-2. The van der Waals surface area contributed by atoms with Crippen molar-refractivity contribution in [3.8, 4) is 22.5 Å². The second kappa shape index (κ2) is 6.56. The van der Waals surface area contributed by atoms with Crippen molar-refractivity contribution in [3.63, 3.8) is 0 Å². The van der Waals surface area contributed by atoms with Crippen LogP contribution in [-0.4, -0.2) is 9.97 Å². The van der Waals surface area contributed by atoms with Gasteiger partial charge in [0.05, 0.1) is 11.4 Å². The van der Waals surface area contributed by atoms with Gasteiger partial charge in [-0.15, -0.1) is 0 Å². The smallest absolute Gasteiger partial charge is 0.116 e. The van der Waals surface area contributed by atoms with Gasteiger partial charge < -0.3 is 0 Å². The summed E-state index contributed by atoms with van der Waals surface area (Å²) in [7, 11) is 0. The lowest BCUT2D eigenvalue weighted by Crippen LogP contribution is -2.09. The van der Waals surface area contributed by atoms with E-state index in [1.54, 1.807) is 6.33 Å². The predicted molar refractivity (Wildman–Crippen MR) is 117 cm³/mol. The average molecular weight is 364 g/mol. The molecule has 1 aliphatic rings. The summed E-state index contributed by atoms with van der Waals surface area (Å²) >= 11 is 0. The molecule has 0 radical (unpaired) electrons. The third kappa shape index (κ3) is 2.72. The number of aryl methyl sites for hydroxylation is 2. The minimum absolute atomic E-state index is 0.464. The molecule has 1 aromatic heterocycles. The Morgan fingerprint density at radius 3 is 2.54 bits per heavy atom. The summed E-state index contributed by atoms with van der Waals surface area (Å²) in [4.78, 5) is 9.43. The average Bonchev–Trinajstić information content (AvgIpc) is 2.72. The third-order valence-corrected chi connectivity index (χ3v) is 5.89. The highest BCUT2D eigenvalue weighted by molar-refractivity contribution is 5.91. The van der Waals surface area contributed by atoms with Crippen LogP contribution in [0.25, 0.3) is 33.3 Å².